The number of rotatable bonds is 3. The van der Waals surface area contributed by atoms with Crippen molar-refractivity contribution in [3.05, 3.63) is 0 Å². The van der Waals surface area contributed by atoms with Crippen molar-refractivity contribution in [3.63, 3.8) is 0 Å². The van der Waals surface area contributed by atoms with Gasteiger partial charge in [0.25, 0.3) is 0 Å². The van der Waals surface area contributed by atoms with E-state index in [2.05, 4.69) is 0 Å². The molecule has 0 saturated heterocycles. The molecule has 14 heavy (non-hydrogen) atoms. The number of amides is 1. The van der Waals surface area contributed by atoms with Crippen LogP contribution in [-0.4, -0.2) is 41.2 Å². The quantitative estimate of drug-likeness (QED) is 0.539. The van der Waals surface area contributed by atoms with E-state index in [1.165, 1.54) is 0 Å². The highest BCUT2D eigenvalue weighted by molar-refractivity contribution is 5.63. The fourth-order valence-electron chi connectivity index (χ4n) is 2.03. The van der Waals surface area contributed by atoms with Crippen LogP contribution in [0.15, 0.2) is 0 Å². The van der Waals surface area contributed by atoms with Crippen LogP contribution in [0.1, 0.15) is 25.7 Å². The van der Waals surface area contributed by atoms with Crippen LogP contribution in [0.2, 0.25) is 0 Å². The molecule has 0 aromatic rings. The van der Waals surface area contributed by atoms with Gasteiger partial charge in [0.1, 0.15) is 0 Å². The van der Waals surface area contributed by atoms with Gasteiger partial charge >= 0.3 is 6.09 Å². The smallest absolute Gasteiger partial charge is 0.431 e. The third-order valence-corrected chi connectivity index (χ3v) is 2.70. The van der Waals surface area contributed by atoms with E-state index in [0.717, 1.165) is 19.3 Å². The van der Waals surface area contributed by atoms with Crippen LogP contribution in [0, 0.1) is 5.92 Å². The lowest BCUT2D eigenvalue weighted by Gasteiger charge is -2.31. The molecule has 1 unspecified atom stereocenters. The highest BCUT2D eigenvalue weighted by atomic mass is 16.6. The predicted molar refractivity (Wildman–Crippen MR) is 49.3 cm³/mol. The summed E-state index contributed by atoms with van der Waals surface area (Å²) in [7, 11) is 1.64. The first kappa shape index (κ1) is 11.3. The molecule has 0 aliphatic heterocycles. The first-order valence-electron chi connectivity index (χ1n) is 4.85. The molecule has 1 amide bonds. The normalized spacial score (nSPS) is 27.3. The summed E-state index contributed by atoms with van der Waals surface area (Å²) >= 11 is 0. The molecular formula is C9H17NO4. The molecule has 0 aromatic heterocycles. The van der Waals surface area contributed by atoms with E-state index in [-0.39, 0.29) is 6.04 Å². The zero-order chi connectivity index (χ0) is 10.6. The third kappa shape index (κ3) is 2.85. The molecule has 2 atom stereocenters. The van der Waals surface area contributed by atoms with E-state index in [9.17, 15) is 10.0 Å². The summed E-state index contributed by atoms with van der Waals surface area (Å²) in [5.74, 6) is 0.368. The molecule has 5 heteroatoms. The molecule has 0 spiro atoms. The predicted octanol–water partition coefficient (Wildman–Crippen LogP) is 1.56. The van der Waals surface area contributed by atoms with Gasteiger partial charge in [0.2, 0.25) is 0 Å². The Morgan fingerprint density at radius 3 is 2.86 bits per heavy atom. The molecule has 1 aliphatic rings. The zero-order valence-electron chi connectivity index (χ0n) is 8.35. The van der Waals surface area contributed by atoms with Crippen molar-refractivity contribution in [2.75, 3.05) is 13.7 Å². The van der Waals surface area contributed by atoms with Gasteiger partial charge < -0.3 is 9.84 Å². The maximum Gasteiger partial charge on any atom is 0.431 e. The van der Waals surface area contributed by atoms with Crippen LogP contribution in [-0.2, 0) is 4.74 Å². The Morgan fingerprint density at radius 1 is 1.57 bits per heavy atom. The highest BCUT2D eigenvalue weighted by Gasteiger charge is 2.28. The van der Waals surface area contributed by atoms with Crippen molar-refractivity contribution in [3.8, 4) is 0 Å². The van der Waals surface area contributed by atoms with Crippen LogP contribution < -0.4 is 0 Å². The van der Waals surface area contributed by atoms with Crippen LogP contribution in [0.3, 0.4) is 0 Å². The van der Waals surface area contributed by atoms with Crippen LogP contribution in [0.25, 0.3) is 0 Å². The van der Waals surface area contributed by atoms with Gasteiger partial charge in [-0.3, -0.25) is 5.21 Å². The molecule has 1 aliphatic carbocycles. The topological polar surface area (TPSA) is 70.0 Å². The Balaban J connectivity index is 2.43. The van der Waals surface area contributed by atoms with Gasteiger partial charge in [-0.25, -0.2) is 4.79 Å². The average molecular weight is 203 g/mol. The second-order valence-electron chi connectivity index (χ2n) is 3.77. The van der Waals surface area contributed by atoms with Gasteiger partial charge in [0.05, 0.1) is 6.04 Å². The van der Waals surface area contributed by atoms with E-state index in [1.54, 1.807) is 7.11 Å². The lowest BCUT2D eigenvalue weighted by molar-refractivity contribution is -0.111. The molecule has 82 valence electrons. The Labute approximate surface area is 83.2 Å². The van der Waals surface area contributed by atoms with Gasteiger partial charge in [-0.2, -0.15) is 5.06 Å². The minimum absolute atomic E-state index is 0.263. The van der Waals surface area contributed by atoms with Crippen LogP contribution in [0.4, 0.5) is 4.79 Å². The van der Waals surface area contributed by atoms with Gasteiger partial charge in [0, 0.05) is 13.7 Å². The van der Waals surface area contributed by atoms with Crippen LogP contribution in [0.5, 0.6) is 0 Å². The number of hydrogen-bond donors (Lipinski definition) is 2. The fourth-order valence-corrected chi connectivity index (χ4v) is 2.03. The molecular weight excluding hydrogens is 186 g/mol. The molecule has 1 fully saturated rings. The minimum Gasteiger partial charge on any atom is -0.463 e. The molecule has 0 bridgehead atoms. The van der Waals surface area contributed by atoms with Crippen molar-refractivity contribution in [1.29, 1.82) is 0 Å². The fraction of sp³-hybridized carbons (Fsp3) is 0.889. The standard InChI is InChI=1S/C9H17NO4/c1-14-6-7-3-2-4-8(5-7)10(13)9(11)12/h7-8,13H,2-6H2,1H3,(H,11,12)/t7-,8?/m0/s1. The number of hydrogen-bond acceptors (Lipinski definition) is 3. The lowest BCUT2D eigenvalue weighted by Crippen LogP contribution is -2.40. The number of hydroxylamine groups is 2. The Kier molecular flexibility index (Phi) is 4.16. The largest absolute Gasteiger partial charge is 0.463 e. The van der Waals surface area contributed by atoms with Gasteiger partial charge in [-0.15, -0.1) is 0 Å². The van der Waals surface area contributed by atoms with E-state index < -0.39 is 6.09 Å². The number of carbonyl (C=O) groups is 1. The number of nitrogens with zero attached hydrogens (tertiary/aromatic N) is 1. The average Bonchev–Trinajstić information content (AvgIpc) is 2.17. The second kappa shape index (κ2) is 5.17. The van der Waals surface area contributed by atoms with E-state index in [4.69, 9.17) is 9.84 Å². The third-order valence-electron chi connectivity index (χ3n) is 2.70. The molecule has 0 radical (unpaired) electrons. The molecule has 5 nitrogen and oxygen atoms in total. The van der Waals surface area contributed by atoms with Gasteiger partial charge in [-0.1, -0.05) is 6.42 Å². The summed E-state index contributed by atoms with van der Waals surface area (Å²) in [6.45, 7) is 0.643. The second-order valence-corrected chi connectivity index (χ2v) is 3.77. The molecule has 2 N–H and O–H groups in total. The van der Waals surface area contributed by atoms with E-state index in [0.29, 0.717) is 24.0 Å². The van der Waals surface area contributed by atoms with Gasteiger partial charge in [-0.05, 0) is 25.2 Å². The molecule has 0 aromatic carbocycles. The summed E-state index contributed by atoms with van der Waals surface area (Å²) in [6, 6.07) is -0.263. The summed E-state index contributed by atoms with van der Waals surface area (Å²) < 4.78 is 5.02. The summed E-state index contributed by atoms with van der Waals surface area (Å²) in [4.78, 5) is 10.5. The van der Waals surface area contributed by atoms with Crippen LogP contribution >= 0.6 is 0 Å². The summed E-state index contributed by atoms with van der Waals surface area (Å²) in [6.07, 6.45) is 2.16. The number of carboxylic acid groups (broad SMARTS) is 1. The minimum atomic E-state index is -1.27. The molecule has 1 rings (SSSR count). The lowest BCUT2D eigenvalue weighted by atomic mass is 9.86. The molecule has 0 heterocycles. The first-order valence-corrected chi connectivity index (χ1v) is 4.85. The SMILES string of the molecule is COC[C@H]1CCCC(N(O)C(=O)O)C1. The molecule has 1 saturated carbocycles. The van der Waals surface area contributed by atoms with Crippen molar-refractivity contribution in [2.45, 2.75) is 31.7 Å². The maximum atomic E-state index is 10.5. The maximum absolute atomic E-state index is 10.5. The van der Waals surface area contributed by atoms with E-state index in [1.807, 2.05) is 0 Å². The van der Waals surface area contributed by atoms with Crippen molar-refractivity contribution in [1.82, 2.24) is 5.06 Å². The highest BCUT2D eigenvalue weighted by Crippen LogP contribution is 2.27. The zero-order valence-corrected chi connectivity index (χ0v) is 8.35. The number of methoxy groups -OCH3 is 1. The Hall–Kier alpha value is -0.810. The Bertz CT molecular complexity index is 195. The Morgan fingerprint density at radius 2 is 2.29 bits per heavy atom. The van der Waals surface area contributed by atoms with Gasteiger partial charge in [0.15, 0.2) is 0 Å². The summed E-state index contributed by atoms with van der Waals surface area (Å²) in [5, 5.41) is 18.3. The first-order chi connectivity index (χ1) is 6.65. The monoisotopic (exact) mass is 203 g/mol. The van der Waals surface area contributed by atoms with Crippen molar-refractivity contribution < 1.29 is 19.8 Å². The van der Waals surface area contributed by atoms with E-state index >= 15 is 0 Å². The van der Waals surface area contributed by atoms with Crippen molar-refractivity contribution >= 4 is 6.09 Å². The number of ether oxygens (including phenoxy) is 1. The van der Waals surface area contributed by atoms with Crippen molar-refractivity contribution in [2.24, 2.45) is 5.92 Å². The summed E-state index contributed by atoms with van der Waals surface area (Å²) in [5.41, 5.74) is 0.